The average molecular weight is 270 g/mol. The van der Waals surface area contributed by atoms with Crippen molar-refractivity contribution in [1.82, 2.24) is 14.8 Å². The smallest absolute Gasteiger partial charge is 0.151 e. The largest absolute Gasteiger partial charge is 0.321 e. The van der Waals surface area contributed by atoms with E-state index in [0.717, 1.165) is 43.9 Å². The molecule has 1 saturated heterocycles. The van der Waals surface area contributed by atoms with Crippen LogP contribution in [0, 0.1) is 0 Å². The second kappa shape index (κ2) is 4.31. The number of hydrogen-bond donors (Lipinski definition) is 1. The van der Waals surface area contributed by atoms with E-state index in [2.05, 4.69) is 10.2 Å². The molecule has 3 heterocycles. The van der Waals surface area contributed by atoms with E-state index in [1.54, 1.807) is 0 Å². The van der Waals surface area contributed by atoms with E-state index < -0.39 is 9.84 Å². The molecule has 0 spiro atoms. The molecule has 2 N–H and O–H groups in total. The first-order valence-corrected chi connectivity index (χ1v) is 8.28. The summed E-state index contributed by atoms with van der Waals surface area (Å²) < 4.78 is 25.5. The highest BCUT2D eigenvalue weighted by molar-refractivity contribution is 7.91. The lowest BCUT2D eigenvalue weighted by molar-refractivity contribution is 0.430. The summed E-state index contributed by atoms with van der Waals surface area (Å²) in [6, 6.07) is -0.0554. The minimum Gasteiger partial charge on any atom is -0.321 e. The first kappa shape index (κ1) is 12.1. The van der Waals surface area contributed by atoms with Crippen LogP contribution in [-0.2, 0) is 16.4 Å². The van der Waals surface area contributed by atoms with Crippen LogP contribution >= 0.6 is 0 Å². The third-order valence-corrected chi connectivity index (χ3v) is 5.69. The van der Waals surface area contributed by atoms with Gasteiger partial charge in [-0.2, -0.15) is 0 Å². The SMILES string of the molecule is NC1CCCn2c1nnc2C1CCCS(=O)(=O)C1. The van der Waals surface area contributed by atoms with Crippen LogP contribution in [0.5, 0.6) is 0 Å². The molecule has 0 saturated carbocycles. The summed E-state index contributed by atoms with van der Waals surface area (Å²) in [6.07, 6.45) is 3.55. The first-order valence-electron chi connectivity index (χ1n) is 6.46. The number of sulfone groups is 1. The molecule has 2 atom stereocenters. The molecule has 2 aliphatic rings. The van der Waals surface area contributed by atoms with Gasteiger partial charge in [-0.1, -0.05) is 0 Å². The molecule has 1 fully saturated rings. The van der Waals surface area contributed by atoms with E-state index >= 15 is 0 Å². The molecule has 2 aliphatic heterocycles. The van der Waals surface area contributed by atoms with Gasteiger partial charge in [0.15, 0.2) is 9.84 Å². The van der Waals surface area contributed by atoms with Crippen LogP contribution in [0.1, 0.15) is 49.3 Å². The van der Waals surface area contributed by atoms with Gasteiger partial charge in [-0.3, -0.25) is 0 Å². The third-order valence-electron chi connectivity index (χ3n) is 3.86. The molecule has 0 bridgehead atoms. The molecule has 6 nitrogen and oxygen atoms in total. The maximum absolute atomic E-state index is 11.7. The van der Waals surface area contributed by atoms with Crippen LogP contribution in [0.2, 0.25) is 0 Å². The minimum absolute atomic E-state index is 0.00435. The summed E-state index contributed by atoms with van der Waals surface area (Å²) in [5, 5.41) is 8.36. The average Bonchev–Trinajstić information content (AvgIpc) is 2.73. The Morgan fingerprint density at radius 2 is 1.94 bits per heavy atom. The van der Waals surface area contributed by atoms with Crippen LogP contribution in [0.4, 0.5) is 0 Å². The fourth-order valence-corrected chi connectivity index (χ4v) is 4.66. The second-order valence-corrected chi connectivity index (χ2v) is 7.50. The van der Waals surface area contributed by atoms with Gasteiger partial charge in [-0.05, 0) is 25.7 Å². The molecule has 18 heavy (non-hydrogen) atoms. The molecule has 0 aromatic carbocycles. The van der Waals surface area contributed by atoms with Crippen molar-refractivity contribution in [3.63, 3.8) is 0 Å². The van der Waals surface area contributed by atoms with Crippen molar-refractivity contribution in [2.75, 3.05) is 11.5 Å². The predicted octanol–water partition coefficient (Wildman–Crippen LogP) is 0.364. The number of aromatic nitrogens is 3. The Labute approximate surface area is 106 Å². The van der Waals surface area contributed by atoms with E-state index in [0.29, 0.717) is 5.75 Å². The predicted molar refractivity (Wildman–Crippen MR) is 66.8 cm³/mol. The molecule has 0 radical (unpaired) electrons. The highest BCUT2D eigenvalue weighted by atomic mass is 32.2. The summed E-state index contributed by atoms with van der Waals surface area (Å²) in [5.74, 6) is 2.16. The van der Waals surface area contributed by atoms with Crippen molar-refractivity contribution in [1.29, 1.82) is 0 Å². The van der Waals surface area contributed by atoms with Gasteiger partial charge in [0.05, 0.1) is 17.5 Å². The molecular weight excluding hydrogens is 252 g/mol. The Bertz CT molecular complexity index is 551. The molecule has 1 aromatic rings. The molecule has 1 aromatic heterocycles. The summed E-state index contributed by atoms with van der Waals surface area (Å²) in [7, 11) is -2.91. The van der Waals surface area contributed by atoms with Crippen LogP contribution in [0.25, 0.3) is 0 Å². The maximum Gasteiger partial charge on any atom is 0.151 e. The van der Waals surface area contributed by atoms with Crippen molar-refractivity contribution < 1.29 is 8.42 Å². The zero-order valence-corrected chi connectivity index (χ0v) is 11.1. The van der Waals surface area contributed by atoms with Crippen LogP contribution < -0.4 is 5.73 Å². The Morgan fingerprint density at radius 1 is 1.17 bits per heavy atom. The monoisotopic (exact) mass is 270 g/mol. The van der Waals surface area contributed by atoms with Crippen molar-refractivity contribution in [3.05, 3.63) is 11.6 Å². The van der Waals surface area contributed by atoms with Crippen LogP contribution in [-0.4, -0.2) is 34.7 Å². The van der Waals surface area contributed by atoms with Gasteiger partial charge in [0.25, 0.3) is 0 Å². The Kier molecular flexibility index (Phi) is 2.90. The normalized spacial score (nSPS) is 30.9. The summed E-state index contributed by atoms with van der Waals surface area (Å²) >= 11 is 0. The summed E-state index contributed by atoms with van der Waals surface area (Å²) in [5.41, 5.74) is 6.00. The quantitative estimate of drug-likeness (QED) is 0.796. The highest BCUT2D eigenvalue weighted by Gasteiger charge is 2.32. The highest BCUT2D eigenvalue weighted by Crippen LogP contribution is 2.30. The Balaban J connectivity index is 1.93. The lowest BCUT2D eigenvalue weighted by Crippen LogP contribution is -2.28. The van der Waals surface area contributed by atoms with Gasteiger partial charge in [0.2, 0.25) is 0 Å². The number of nitrogens with zero attached hydrogens (tertiary/aromatic N) is 3. The summed E-state index contributed by atoms with van der Waals surface area (Å²) in [4.78, 5) is 0. The van der Waals surface area contributed by atoms with Gasteiger partial charge in [0, 0.05) is 12.5 Å². The molecule has 0 aliphatic carbocycles. The molecule has 0 amide bonds. The van der Waals surface area contributed by atoms with Gasteiger partial charge in [-0.15, -0.1) is 10.2 Å². The topological polar surface area (TPSA) is 90.9 Å². The Morgan fingerprint density at radius 3 is 2.72 bits per heavy atom. The van der Waals surface area contributed by atoms with E-state index in [1.165, 1.54) is 0 Å². The fourth-order valence-electron chi connectivity index (χ4n) is 2.96. The maximum atomic E-state index is 11.7. The van der Waals surface area contributed by atoms with Crippen molar-refractivity contribution in [2.24, 2.45) is 5.73 Å². The van der Waals surface area contributed by atoms with Gasteiger partial charge < -0.3 is 10.3 Å². The molecule has 100 valence electrons. The molecular formula is C11H18N4O2S. The van der Waals surface area contributed by atoms with Crippen LogP contribution in [0.15, 0.2) is 0 Å². The molecule has 7 heteroatoms. The fraction of sp³-hybridized carbons (Fsp3) is 0.818. The number of rotatable bonds is 1. The van der Waals surface area contributed by atoms with Crippen molar-refractivity contribution in [3.8, 4) is 0 Å². The van der Waals surface area contributed by atoms with E-state index in [4.69, 9.17) is 5.73 Å². The molecule has 3 rings (SSSR count). The van der Waals surface area contributed by atoms with E-state index in [1.807, 2.05) is 4.57 Å². The number of hydrogen-bond acceptors (Lipinski definition) is 5. The van der Waals surface area contributed by atoms with E-state index in [-0.39, 0.29) is 17.7 Å². The minimum atomic E-state index is -2.91. The lowest BCUT2D eigenvalue weighted by atomic mass is 10.0. The zero-order chi connectivity index (χ0) is 12.8. The van der Waals surface area contributed by atoms with Crippen molar-refractivity contribution in [2.45, 2.75) is 44.2 Å². The van der Waals surface area contributed by atoms with Gasteiger partial charge >= 0.3 is 0 Å². The standard InChI is InChI=1S/C11H18N4O2S/c12-9-4-1-5-15-10(13-14-11(9)15)8-3-2-6-18(16,17)7-8/h8-9H,1-7,12H2. The summed E-state index contributed by atoms with van der Waals surface area (Å²) in [6.45, 7) is 0.863. The first-order chi connectivity index (χ1) is 8.57. The van der Waals surface area contributed by atoms with Gasteiger partial charge in [0.1, 0.15) is 11.6 Å². The lowest BCUT2D eigenvalue weighted by Gasteiger charge is -2.25. The third kappa shape index (κ3) is 2.05. The Hall–Kier alpha value is -0.950. The van der Waals surface area contributed by atoms with Crippen LogP contribution in [0.3, 0.4) is 0 Å². The molecule has 2 unspecified atom stereocenters. The number of nitrogens with two attached hydrogens (primary N) is 1. The van der Waals surface area contributed by atoms with Crippen molar-refractivity contribution >= 4 is 9.84 Å². The zero-order valence-electron chi connectivity index (χ0n) is 10.2. The van der Waals surface area contributed by atoms with E-state index in [9.17, 15) is 8.42 Å². The second-order valence-electron chi connectivity index (χ2n) is 5.27. The number of fused-ring (bicyclic) bond motifs is 1. The van der Waals surface area contributed by atoms with Gasteiger partial charge in [-0.25, -0.2) is 8.42 Å².